The summed E-state index contributed by atoms with van der Waals surface area (Å²) in [6, 6.07) is 0. The number of ether oxygens (including phenoxy) is 3. The van der Waals surface area contributed by atoms with Gasteiger partial charge in [-0.25, -0.2) is 4.57 Å². The maximum atomic E-state index is 13.0. The van der Waals surface area contributed by atoms with E-state index in [1.807, 2.05) is 0 Å². The number of carbonyl (C=O) groups excluding carboxylic acids is 3. The number of unbranched alkanes of at least 4 members (excludes halogenated alkanes) is 31. The number of allylic oxidation sites excluding steroid dienone is 14. The second-order valence-electron chi connectivity index (χ2n) is 22.2. The minimum atomic E-state index is -4.76. The van der Waals surface area contributed by atoms with Gasteiger partial charge in [0.15, 0.2) is 6.10 Å². The highest BCUT2D eigenvalue weighted by atomic mass is 31.2. The van der Waals surface area contributed by atoms with Crippen LogP contribution in [0.1, 0.15) is 303 Å². The molecule has 82 heavy (non-hydrogen) atoms. The number of aliphatic hydroxyl groups excluding tert-OH is 1. The third-order valence-electron chi connectivity index (χ3n) is 14.3. The van der Waals surface area contributed by atoms with Crippen molar-refractivity contribution in [1.82, 2.24) is 0 Å². The summed E-state index contributed by atoms with van der Waals surface area (Å²) < 4.78 is 39.7. The first kappa shape index (κ1) is 78.7. The number of carbonyl (C=O) groups is 3. The van der Waals surface area contributed by atoms with Gasteiger partial charge in [0.05, 0.1) is 19.8 Å². The quantitative estimate of drug-likeness (QED) is 0.0197. The number of phosphoric ester groups is 1. The fraction of sp³-hybridized carbons (Fsp3) is 0.757. The molecule has 0 amide bonds. The van der Waals surface area contributed by atoms with E-state index in [9.17, 15) is 28.9 Å². The Morgan fingerprint density at radius 2 is 0.634 bits per heavy atom. The van der Waals surface area contributed by atoms with Crippen molar-refractivity contribution < 1.29 is 52.2 Å². The van der Waals surface area contributed by atoms with Crippen LogP contribution in [0.4, 0.5) is 0 Å². The SMILES string of the molecule is CC/C=C\C/C=C\C/C=C\C/C=C\CCCCCCCCC(=O)OC(COC(=O)CCCCCCCCCCC/C=C\C/C=C\CCCCC)COP(=O)(O)OCC(CO)OC(=O)CCCCCCCCC/C=C\CCCCCCCC. The van der Waals surface area contributed by atoms with Gasteiger partial charge in [-0.3, -0.25) is 23.4 Å². The summed E-state index contributed by atoms with van der Waals surface area (Å²) in [6.45, 7) is 4.52. The predicted molar refractivity (Wildman–Crippen MR) is 344 cm³/mol. The van der Waals surface area contributed by atoms with Gasteiger partial charge in [0.2, 0.25) is 0 Å². The van der Waals surface area contributed by atoms with Gasteiger partial charge >= 0.3 is 25.7 Å². The minimum absolute atomic E-state index is 0.148. The van der Waals surface area contributed by atoms with Crippen LogP contribution >= 0.6 is 7.82 Å². The average Bonchev–Trinajstić information content (AvgIpc) is 3.50. The topological polar surface area (TPSA) is 155 Å². The van der Waals surface area contributed by atoms with Crippen LogP contribution in [0.5, 0.6) is 0 Å². The van der Waals surface area contributed by atoms with Crippen molar-refractivity contribution in [2.75, 3.05) is 26.4 Å². The molecule has 2 N–H and O–H groups in total. The zero-order valence-electron chi connectivity index (χ0n) is 52.7. The van der Waals surface area contributed by atoms with Crippen LogP contribution in [0.25, 0.3) is 0 Å². The Balaban J connectivity index is 4.72. The minimum Gasteiger partial charge on any atom is -0.462 e. The fourth-order valence-electron chi connectivity index (χ4n) is 9.20. The van der Waals surface area contributed by atoms with Gasteiger partial charge < -0.3 is 24.2 Å². The molecule has 0 fully saturated rings. The molecule has 474 valence electrons. The Labute approximate surface area is 502 Å². The smallest absolute Gasteiger partial charge is 0.462 e. The largest absolute Gasteiger partial charge is 0.472 e. The Morgan fingerprint density at radius 1 is 0.354 bits per heavy atom. The second-order valence-corrected chi connectivity index (χ2v) is 23.7. The molecule has 0 aromatic carbocycles. The van der Waals surface area contributed by atoms with Gasteiger partial charge in [-0.15, -0.1) is 0 Å². The summed E-state index contributed by atoms with van der Waals surface area (Å²) in [5.74, 6) is -1.48. The number of hydrogen-bond acceptors (Lipinski definition) is 10. The standard InChI is InChI=1S/C70H123O11P/c1-4-7-10-13-16-19-22-25-28-31-33-36-38-41-44-47-50-53-56-59-68(72)77-63-67(81-70(74)61-58-55-52-49-46-43-40-37-34-32-29-26-23-20-17-14-11-8-5-2)65-79-82(75,76)78-64-66(62-71)80-69(73)60-57-54-51-48-45-42-39-35-30-27-24-21-18-15-12-9-6-3/h8,11,16-17,19-20,25-30,34,37,66-67,71H,4-7,9-10,12-15,18,21-24,31-33,35-36,38-65H2,1-3H3,(H,75,76)/b11-8-,19-16-,20-17-,28-25-,29-26-,30-27-,37-34-. The first-order valence-corrected chi connectivity index (χ1v) is 35.0. The zero-order chi connectivity index (χ0) is 59.8. The number of rotatable bonds is 62. The van der Waals surface area contributed by atoms with Gasteiger partial charge in [0.25, 0.3) is 0 Å². The Kier molecular flexibility index (Phi) is 61.1. The molecule has 3 unspecified atom stereocenters. The molecule has 12 heteroatoms. The molecule has 11 nitrogen and oxygen atoms in total. The zero-order valence-corrected chi connectivity index (χ0v) is 53.6. The number of phosphoric acid groups is 1. The van der Waals surface area contributed by atoms with Gasteiger partial charge in [0, 0.05) is 19.3 Å². The number of hydrogen-bond donors (Lipinski definition) is 2. The lowest BCUT2D eigenvalue weighted by Gasteiger charge is -2.21. The van der Waals surface area contributed by atoms with E-state index in [0.717, 1.165) is 122 Å². The van der Waals surface area contributed by atoms with E-state index < -0.39 is 57.8 Å². The second kappa shape index (κ2) is 63.7. The lowest BCUT2D eigenvalue weighted by Crippen LogP contribution is -2.30. The summed E-state index contributed by atoms with van der Waals surface area (Å²) in [7, 11) is -4.76. The van der Waals surface area contributed by atoms with Crippen LogP contribution in [-0.2, 0) is 42.2 Å². The highest BCUT2D eigenvalue weighted by Crippen LogP contribution is 2.43. The lowest BCUT2D eigenvalue weighted by atomic mass is 10.1. The molecule has 0 bridgehead atoms. The summed E-state index contributed by atoms with van der Waals surface area (Å²) in [4.78, 5) is 48.8. The summed E-state index contributed by atoms with van der Waals surface area (Å²) >= 11 is 0. The molecular weight excluding hydrogens is 1050 g/mol. The highest BCUT2D eigenvalue weighted by Gasteiger charge is 2.28. The van der Waals surface area contributed by atoms with Crippen molar-refractivity contribution in [3.8, 4) is 0 Å². The molecule has 0 aromatic heterocycles. The molecule has 0 radical (unpaired) electrons. The molecule has 0 heterocycles. The Morgan fingerprint density at radius 3 is 1.01 bits per heavy atom. The van der Waals surface area contributed by atoms with E-state index in [1.165, 1.54) is 122 Å². The van der Waals surface area contributed by atoms with Gasteiger partial charge in [-0.2, -0.15) is 0 Å². The van der Waals surface area contributed by atoms with E-state index in [0.29, 0.717) is 19.3 Å². The van der Waals surface area contributed by atoms with Crippen molar-refractivity contribution >= 4 is 25.7 Å². The molecule has 0 aliphatic carbocycles. The van der Waals surface area contributed by atoms with E-state index in [-0.39, 0.29) is 25.9 Å². The van der Waals surface area contributed by atoms with Crippen LogP contribution in [0.3, 0.4) is 0 Å². The monoisotopic (exact) mass is 1170 g/mol. The first-order valence-electron chi connectivity index (χ1n) is 33.5. The summed E-state index contributed by atoms with van der Waals surface area (Å²) in [5, 5.41) is 9.87. The van der Waals surface area contributed by atoms with Crippen molar-refractivity contribution in [2.45, 2.75) is 315 Å². The molecule has 0 aromatic rings. The van der Waals surface area contributed by atoms with E-state index >= 15 is 0 Å². The maximum Gasteiger partial charge on any atom is 0.472 e. The maximum absolute atomic E-state index is 13.0. The fourth-order valence-corrected chi connectivity index (χ4v) is 9.98. The number of aliphatic hydroxyl groups is 1. The molecule has 0 aliphatic rings. The molecule has 0 saturated heterocycles. The molecule has 0 aliphatic heterocycles. The van der Waals surface area contributed by atoms with Crippen LogP contribution in [0, 0.1) is 0 Å². The normalized spacial score (nSPS) is 13.8. The summed E-state index contributed by atoms with van der Waals surface area (Å²) in [5.41, 5.74) is 0. The van der Waals surface area contributed by atoms with Crippen LogP contribution < -0.4 is 0 Å². The van der Waals surface area contributed by atoms with Gasteiger partial charge in [0.1, 0.15) is 12.7 Å². The Bertz CT molecular complexity index is 1700. The Hall–Kier alpha value is -3.34. The summed E-state index contributed by atoms with van der Waals surface area (Å²) in [6.07, 6.45) is 75.2. The van der Waals surface area contributed by atoms with Crippen molar-refractivity contribution in [3.05, 3.63) is 85.1 Å². The van der Waals surface area contributed by atoms with Crippen LogP contribution in [0.2, 0.25) is 0 Å². The van der Waals surface area contributed by atoms with Gasteiger partial charge in [-0.05, 0) is 116 Å². The average molecular weight is 1170 g/mol. The van der Waals surface area contributed by atoms with Crippen LogP contribution in [0.15, 0.2) is 85.1 Å². The predicted octanol–water partition coefficient (Wildman–Crippen LogP) is 20.6. The first-order chi connectivity index (χ1) is 40.2. The molecule has 0 spiro atoms. The highest BCUT2D eigenvalue weighted by molar-refractivity contribution is 7.47. The van der Waals surface area contributed by atoms with E-state index in [4.69, 9.17) is 23.3 Å². The lowest BCUT2D eigenvalue weighted by molar-refractivity contribution is -0.161. The molecule has 0 saturated carbocycles. The number of esters is 3. The third kappa shape index (κ3) is 61.2. The van der Waals surface area contributed by atoms with Crippen molar-refractivity contribution in [3.63, 3.8) is 0 Å². The third-order valence-corrected chi connectivity index (χ3v) is 15.2. The van der Waals surface area contributed by atoms with Crippen molar-refractivity contribution in [1.29, 1.82) is 0 Å². The van der Waals surface area contributed by atoms with E-state index in [1.54, 1.807) is 0 Å². The van der Waals surface area contributed by atoms with Crippen molar-refractivity contribution in [2.24, 2.45) is 0 Å². The molecule has 3 atom stereocenters. The van der Waals surface area contributed by atoms with Crippen LogP contribution in [-0.4, -0.2) is 66.5 Å². The molecule has 0 rings (SSSR count). The molecular formula is C70H123O11P. The van der Waals surface area contributed by atoms with E-state index in [2.05, 4.69) is 106 Å². The van der Waals surface area contributed by atoms with Gasteiger partial charge in [-0.1, -0.05) is 254 Å².